The molecule has 1 aliphatic rings. The standard InChI is InChI=1S/C13H18O/c1-2-5-11-6-3-7-12(10-11)13(14)8-4-9-13/h3,6-7,10,14H,2,4-5,8-9H2,1H3. The average molecular weight is 190 g/mol. The molecule has 14 heavy (non-hydrogen) atoms. The van der Waals surface area contributed by atoms with E-state index in [2.05, 4.69) is 31.2 Å². The quantitative estimate of drug-likeness (QED) is 0.776. The van der Waals surface area contributed by atoms with Gasteiger partial charge in [0, 0.05) is 0 Å². The maximum atomic E-state index is 10.2. The van der Waals surface area contributed by atoms with Gasteiger partial charge in [-0.15, -0.1) is 0 Å². The largest absolute Gasteiger partial charge is 0.385 e. The molecule has 2 rings (SSSR count). The molecule has 1 aromatic carbocycles. The predicted octanol–water partition coefficient (Wildman–Crippen LogP) is 3.01. The zero-order valence-corrected chi connectivity index (χ0v) is 8.79. The molecular formula is C13H18O. The van der Waals surface area contributed by atoms with Gasteiger partial charge in [-0.25, -0.2) is 0 Å². The van der Waals surface area contributed by atoms with Crippen LogP contribution in [0.25, 0.3) is 0 Å². The molecule has 0 aromatic heterocycles. The van der Waals surface area contributed by atoms with Crippen molar-refractivity contribution in [2.75, 3.05) is 0 Å². The third-order valence-corrected chi connectivity index (χ3v) is 3.18. The third-order valence-electron chi connectivity index (χ3n) is 3.18. The van der Waals surface area contributed by atoms with Crippen LogP contribution in [0.5, 0.6) is 0 Å². The maximum absolute atomic E-state index is 10.2. The van der Waals surface area contributed by atoms with E-state index >= 15 is 0 Å². The zero-order valence-electron chi connectivity index (χ0n) is 8.79. The van der Waals surface area contributed by atoms with E-state index < -0.39 is 5.60 Å². The highest BCUT2D eigenvalue weighted by atomic mass is 16.3. The Balaban J connectivity index is 2.21. The van der Waals surface area contributed by atoms with Gasteiger partial charge in [0.05, 0.1) is 5.60 Å². The summed E-state index contributed by atoms with van der Waals surface area (Å²) in [6, 6.07) is 8.44. The molecule has 1 heteroatoms. The van der Waals surface area contributed by atoms with Gasteiger partial charge in [-0.05, 0) is 36.8 Å². The summed E-state index contributed by atoms with van der Waals surface area (Å²) in [4.78, 5) is 0. The molecule has 0 bridgehead atoms. The first-order valence-corrected chi connectivity index (χ1v) is 5.56. The summed E-state index contributed by atoms with van der Waals surface area (Å²) >= 11 is 0. The Hall–Kier alpha value is -0.820. The van der Waals surface area contributed by atoms with Crippen LogP contribution in [-0.2, 0) is 12.0 Å². The van der Waals surface area contributed by atoms with Gasteiger partial charge in [-0.3, -0.25) is 0 Å². The first-order chi connectivity index (χ1) is 6.74. The summed E-state index contributed by atoms with van der Waals surface area (Å²) in [5, 5.41) is 10.2. The Kier molecular flexibility index (Phi) is 2.60. The van der Waals surface area contributed by atoms with Crippen LogP contribution in [0, 0.1) is 0 Å². The van der Waals surface area contributed by atoms with Crippen LogP contribution in [-0.4, -0.2) is 5.11 Å². The van der Waals surface area contributed by atoms with Crippen LogP contribution >= 0.6 is 0 Å². The maximum Gasteiger partial charge on any atom is 0.0896 e. The van der Waals surface area contributed by atoms with Gasteiger partial charge in [0.2, 0.25) is 0 Å². The Morgan fingerprint density at radius 1 is 1.36 bits per heavy atom. The first-order valence-electron chi connectivity index (χ1n) is 5.56. The molecule has 1 saturated carbocycles. The third kappa shape index (κ3) is 1.69. The summed E-state index contributed by atoms with van der Waals surface area (Å²) < 4.78 is 0. The lowest BCUT2D eigenvalue weighted by molar-refractivity contribution is -0.0388. The highest BCUT2D eigenvalue weighted by molar-refractivity contribution is 5.29. The molecule has 0 unspecified atom stereocenters. The molecule has 1 nitrogen and oxygen atoms in total. The van der Waals surface area contributed by atoms with Crippen molar-refractivity contribution in [1.29, 1.82) is 0 Å². The highest BCUT2D eigenvalue weighted by Gasteiger charge is 2.35. The Bertz CT molecular complexity index is 313. The van der Waals surface area contributed by atoms with Crippen molar-refractivity contribution in [1.82, 2.24) is 0 Å². The zero-order chi connectivity index (χ0) is 10.0. The minimum absolute atomic E-state index is 0.496. The van der Waals surface area contributed by atoms with E-state index in [4.69, 9.17) is 0 Å². The van der Waals surface area contributed by atoms with E-state index in [9.17, 15) is 5.11 Å². The van der Waals surface area contributed by atoms with Gasteiger partial charge >= 0.3 is 0 Å². The predicted molar refractivity (Wildman–Crippen MR) is 58.2 cm³/mol. The molecule has 1 N–H and O–H groups in total. The number of hydrogen-bond donors (Lipinski definition) is 1. The number of benzene rings is 1. The number of rotatable bonds is 3. The second kappa shape index (κ2) is 3.74. The molecule has 1 aromatic rings. The van der Waals surface area contributed by atoms with Crippen LogP contribution in [0.4, 0.5) is 0 Å². The van der Waals surface area contributed by atoms with E-state index in [0.717, 1.165) is 31.2 Å². The lowest BCUT2D eigenvalue weighted by Gasteiger charge is -2.37. The van der Waals surface area contributed by atoms with Crippen LogP contribution in [0.1, 0.15) is 43.7 Å². The van der Waals surface area contributed by atoms with Crippen molar-refractivity contribution in [2.24, 2.45) is 0 Å². The topological polar surface area (TPSA) is 20.2 Å². The van der Waals surface area contributed by atoms with Gasteiger partial charge in [0.25, 0.3) is 0 Å². The van der Waals surface area contributed by atoms with E-state index in [1.807, 2.05) is 0 Å². The first kappa shape index (κ1) is 9.72. The second-order valence-electron chi connectivity index (χ2n) is 4.34. The molecule has 0 saturated heterocycles. The minimum Gasteiger partial charge on any atom is -0.385 e. The van der Waals surface area contributed by atoms with Crippen molar-refractivity contribution < 1.29 is 5.11 Å². The Morgan fingerprint density at radius 3 is 2.71 bits per heavy atom. The number of aliphatic hydroxyl groups is 1. The number of hydrogen-bond acceptors (Lipinski definition) is 1. The van der Waals surface area contributed by atoms with Gasteiger partial charge < -0.3 is 5.11 Å². The normalized spacial score (nSPS) is 19.0. The summed E-state index contributed by atoms with van der Waals surface area (Å²) in [6.07, 6.45) is 5.31. The summed E-state index contributed by atoms with van der Waals surface area (Å²) in [5.41, 5.74) is 1.98. The molecule has 1 aliphatic carbocycles. The lowest BCUT2D eigenvalue weighted by atomic mass is 9.75. The van der Waals surface area contributed by atoms with E-state index in [-0.39, 0.29) is 0 Å². The molecule has 0 aliphatic heterocycles. The molecule has 76 valence electrons. The van der Waals surface area contributed by atoms with Crippen molar-refractivity contribution in [3.8, 4) is 0 Å². The van der Waals surface area contributed by atoms with E-state index in [0.29, 0.717) is 0 Å². The fraction of sp³-hybridized carbons (Fsp3) is 0.538. The Morgan fingerprint density at radius 2 is 2.14 bits per heavy atom. The monoisotopic (exact) mass is 190 g/mol. The van der Waals surface area contributed by atoms with Crippen molar-refractivity contribution in [3.05, 3.63) is 35.4 Å². The van der Waals surface area contributed by atoms with Crippen LogP contribution in [0.2, 0.25) is 0 Å². The van der Waals surface area contributed by atoms with Crippen molar-refractivity contribution in [2.45, 2.75) is 44.6 Å². The molecule has 0 heterocycles. The average Bonchev–Trinajstić information content (AvgIpc) is 2.15. The fourth-order valence-corrected chi connectivity index (χ4v) is 2.11. The fourth-order valence-electron chi connectivity index (χ4n) is 2.11. The smallest absolute Gasteiger partial charge is 0.0896 e. The van der Waals surface area contributed by atoms with Crippen molar-refractivity contribution >= 4 is 0 Å². The van der Waals surface area contributed by atoms with Crippen LogP contribution < -0.4 is 0 Å². The van der Waals surface area contributed by atoms with Gasteiger partial charge in [-0.1, -0.05) is 37.6 Å². The second-order valence-corrected chi connectivity index (χ2v) is 4.34. The minimum atomic E-state index is -0.496. The highest BCUT2D eigenvalue weighted by Crippen LogP contribution is 2.41. The lowest BCUT2D eigenvalue weighted by Crippen LogP contribution is -2.33. The van der Waals surface area contributed by atoms with Crippen LogP contribution in [0.3, 0.4) is 0 Å². The Labute approximate surface area is 85.8 Å². The molecule has 0 atom stereocenters. The molecule has 1 fully saturated rings. The summed E-state index contributed by atoms with van der Waals surface area (Å²) in [6.45, 7) is 2.19. The summed E-state index contributed by atoms with van der Waals surface area (Å²) in [7, 11) is 0. The van der Waals surface area contributed by atoms with Gasteiger partial charge in [-0.2, -0.15) is 0 Å². The molecule has 0 radical (unpaired) electrons. The molecule has 0 spiro atoms. The van der Waals surface area contributed by atoms with E-state index in [1.54, 1.807) is 0 Å². The number of aryl methyl sites for hydroxylation is 1. The summed E-state index contributed by atoms with van der Waals surface area (Å²) in [5.74, 6) is 0. The molecule has 0 amide bonds. The van der Waals surface area contributed by atoms with Crippen molar-refractivity contribution in [3.63, 3.8) is 0 Å². The van der Waals surface area contributed by atoms with Gasteiger partial charge in [0.15, 0.2) is 0 Å². The van der Waals surface area contributed by atoms with Gasteiger partial charge in [0.1, 0.15) is 0 Å². The van der Waals surface area contributed by atoms with Crippen LogP contribution in [0.15, 0.2) is 24.3 Å². The molecular weight excluding hydrogens is 172 g/mol. The SMILES string of the molecule is CCCc1cccc(C2(O)CCC2)c1. The van der Waals surface area contributed by atoms with E-state index in [1.165, 1.54) is 12.0 Å².